The van der Waals surface area contributed by atoms with Crippen molar-refractivity contribution < 1.29 is 19.0 Å². The third-order valence-corrected chi connectivity index (χ3v) is 4.55. The van der Waals surface area contributed by atoms with E-state index in [-0.39, 0.29) is 5.91 Å². The fraction of sp³-hybridized carbons (Fsp3) is 0.350. The molecule has 2 aliphatic rings. The quantitative estimate of drug-likeness (QED) is 0.929. The van der Waals surface area contributed by atoms with E-state index in [1.54, 1.807) is 0 Å². The molecule has 0 spiro atoms. The molecule has 4 rings (SSSR count). The molecule has 0 unspecified atom stereocenters. The minimum absolute atomic E-state index is 0.123. The number of amides is 1. The van der Waals surface area contributed by atoms with E-state index >= 15 is 0 Å². The molecule has 2 heterocycles. The third-order valence-electron chi connectivity index (χ3n) is 4.55. The second-order valence-electron chi connectivity index (χ2n) is 6.27. The number of rotatable bonds is 4. The molecule has 130 valence electrons. The molecule has 1 saturated heterocycles. The van der Waals surface area contributed by atoms with Crippen molar-refractivity contribution in [2.45, 2.75) is 19.1 Å². The largest absolute Gasteiger partial charge is 0.493 e. The number of ether oxygens (including phenoxy) is 3. The maximum Gasteiger partial charge on any atom is 0.251 e. The number of fused-ring (bicyclic) bond motifs is 1. The Labute approximate surface area is 146 Å². The van der Waals surface area contributed by atoms with Gasteiger partial charge >= 0.3 is 0 Å². The Morgan fingerprint density at radius 1 is 1.04 bits per heavy atom. The summed E-state index contributed by atoms with van der Waals surface area (Å²) in [6.45, 7) is 2.61. The molecule has 2 aliphatic heterocycles. The number of hydrogen-bond acceptors (Lipinski definition) is 4. The normalized spacial score (nSPS) is 19.1. The summed E-state index contributed by atoms with van der Waals surface area (Å²) in [7, 11) is 0. The lowest BCUT2D eigenvalue weighted by Crippen LogP contribution is -2.42. The van der Waals surface area contributed by atoms with Crippen LogP contribution in [0.5, 0.6) is 5.75 Å². The smallest absolute Gasteiger partial charge is 0.251 e. The van der Waals surface area contributed by atoms with Crippen molar-refractivity contribution in [3.05, 3.63) is 53.6 Å². The van der Waals surface area contributed by atoms with Crippen molar-refractivity contribution in [3.63, 3.8) is 0 Å². The van der Waals surface area contributed by atoms with Gasteiger partial charge in [-0.2, -0.15) is 0 Å². The molecule has 1 amide bonds. The summed E-state index contributed by atoms with van der Waals surface area (Å²) in [5.74, 6) is 0.874. The molecule has 0 radical (unpaired) electrons. The second-order valence-corrected chi connectivity index (χ2v) is 6.27. The first kappa shape index (κ1) is 16.1. The van der Waals surface area contributed by atoms with Gasteiger partial charge in [-0.05, 0) is 34.4 Å². The molecule has 0 aliphatic carbocycles. The SMILES string of the molecule is O=C(NCc1ccc(-c2ccc3c(c2)CCO3)cc1)[C@@H]1COCCO1. The van der Waals surface area contributed by atoms with Gasteiger partial charge in [0.15, 0.2) is 6.10 Å². The Hall–Kier alpha value is -2.37. The van der Waals surface area contributed by atoms with E-state index in [4.69, 9.17) is 14.2 Å². The topological polar surface area (TPSA) is 56.8 Å². The molecule has 25 heavy (non-hydrogen) atoms. The zero-order valence-corrected chi connectivity index (χ0v) is 14.0. The van der Waals surface area contributed by atoms with Crippen molar-refractivity contribution in [1.82, 2.24) is 5.32 Å². The highest BCUT2D eigenvalue weighted by Crippen LogP contribution is 2.30. The van der Waals surface area contributed by atoms with E-state index in [0.29, 0.717) is 26.4 Å². The van der Waals surface area contributed by atoms with E-state index in [1.807, 2.05) is 18.2 Å². The maximum absolute atomic E-state index is 12.0. The van der Waals surface area contributed by atoms with Crippen LogP contribution < -0.4 is 10.1 Å². The Morgan fingerprint density at radius 2 is 1.88 bits per heavy atom. The van der Waals surface area contributed by atoms with Crippen LogP contribution in [0.3, 0.4) is 0 Å². The van der Waals surface area contributed by atoms with Gasteiger partial charge < -0.3 is 19.5 Å². The average Bonchev–Trinajstić information content (AvgIpc) is 3.15. The van der Waals surface area contributed by atoms with Crippen molar-refractivity contribution >= 4 is 5.91 Å². The number of hydrogen-bond donors (Lipinski definition) is 1. The van der Waals surface area contributed by atoms with Gasteiger partial charge in [-0.15, -0.1) is 0 Å². The monoisotopic (exact) mass is 339 g/mol. The van der Waals surface area contributed by atoms with Crippen LogP contribution in [0.15, 0.2) is 42.5 Å². The van der Waals surface area contributed by atoms with Crippen molar-refractivity contribution in [3.8, 4) is 16.9 Å². The predicted molar refractivity (Wildman–Crippen MR) is 93.5 cm³/mol. The summed E-state index contributed by atoms with van der Waals surface area (Å²) in [5, 5.41) is 2.90. The first-order chi connectivity index (χ1) is 12.3. The van der Waals surface area contributed by atoms with Gasteiger partial charge in [-0.3, -0.25) is 4.79 Å². The number of carbonyl (C=O) groups is 1. The zero-order valence-electron chi connectivity index (χ0n) is 14.0. The van der Waals surface area contributed by atoms with Gasteiger partial charge in [0.25, 0.3) is 5.91 Å². The lowest BCUT2D eigenvalue weighted by atomic mass is 10.0. The van der Waals surface area contributed by atoms with Crippen LogP contribution in [0.25, 0.3) is 11.1 Å². The molecule has 2 aromatic carbocycles. The number of nitrogens with one attached hydrogen (secondary N) is 1. The molecule has 0 saturated carbocycles. The molecule has 5 nitrogen and oxygen atoms in total. The highest BCUT2D eigenvalue weighted by Gasteiger charge is 2.22. The van der Waals surface area contributed by atoms with Gasteiger partial charge in [0, 0.05) is 13.0 Å². The first-order valence-corrected chi connectivity index (χ1v) is 8.62. The van der Waals surface area contributed by atoms with Crippen LogP contribution in [0.4, 0.5) is 0 Å². The van der Waals surface area contributed by atoms with Gasteiger partial charge in [0.05, 0.1) is 26.4 Å². The fourth-order valence-electron chi connectivity index (χ4n) is 3.12. The van der Waals surface area contributed by atoms with Crippen LogP contribution in [0.1, 0.15) is 11.1 Å². The number of benzene rings is 2. The predicted octanol–water partition coefficient (Wildman–Crippen LogP) is 2.32. The van der Waals surface area contributed by atoms with Crippen LogP contribution >= 0.6 is 0 Å². The van der Waals surface area contributed by atoms with Gasteiger partial charge in [0.2, 0.25) is 0 Å². The first-order valence-electron chi connectivity index (χ1n) is 8.62. The molecule has 5 heteroatoms. The molecule has 1 fully saturated rings. The van der Waals surface area contributed by atoms with E-state index in [1.165, 1.54) is 11.1 Å². The zero-order chi connectivity index (χ0) is 17.1. The van der Waals surface area contributed by atoms with E-state index in [9.17, 15) is 4.79 Å². The summed E-state index contributed by atoms with van der Waals surface area (Å²) in [5.41, 5.74) is 4.67. The lowest BCUT2D eigenvalue weighted by Gasteiger charge is -2.22. The lowest BCUT2D eigenvalue weighted by molar-refractivity contribution is -0.147. The maximum atomic E-state index is 12.0. The van der Waals surface area contributed by atoms with Gasteiger partial charge in [-0.25, -0.2) is 0 Å². The van der Waals surface area contributed by atoms with Crippen LogP contribution in [-0.2, 0) is 27.2 Å². The Kier molecular flexibility index (Phi) is 4.68. The average molecular weight is 339 g/mol. The summed E-state index contributed by atoms with van der Waals surface area (Å²) in [4.78, 5) is 12.0. The minimum atomic E-state index is -0.498. The summed E-state index contributed by atoms with van der Waals surface area (Å²) < 4.78 is 16.2. The Balaban J connectivity index is 1.37. The molecular formula is C20H21NO4. The molecule has 1 atom stereocenters. The molecular weight excluding hydrogens is 318 g/mol. The molecule has 0 aromatic heterocycles. The molecule has 1 N–H and O–H groups in total. The highest BCUT2D eigenvalue weighted by atomic mass is 16.6. The van der Waals surface area contributed by atoms with E-state index in [2.05, 4.69) is 29.6 Å². The van der Waals surface area contributed by atoms with Crippen molar-refractivity contribution in [2.24, 2.45) is 0 Å². The van der Waals surface area contributed by atoms with E-state index in [0.717, 1.165) is 29.9 Å². The molecule has 0 bridgehead atoms. The van der Waals surface area contributed by atoms with Crippen molar-refractivity contribution in [1.29, 1.82) is 0 Å². The second kappa shape index (κ2) is 7.25. The Morgan fingerprint density at radius 3 is 2.68 bits per heavy atom. The number of carbonyl (C=O) groups excluding carboxylic acids is 1. The third kappa shape index (κ3) is 3.67. The summed E-state index contributed by atoms with van der Waals surface area (Å²) >= 11 is 0. The summed E-state index contributed by atoms with van der Waals surface area (Å²) in [6, 6.07) is 14.6. The standard InChI is InChI=1S/C20H21NO4/c22-20(19-13-23-9-10-25-19)21-12-14-1-3-15(4-2-14)16-5-6-18-17(11-16)7-8-24-18/h1-6,11,19H,7-10,12-13H2,(H,21,22)/t19-/m0/s1. The molecule has 2 aromatic rings. The van der Waals surface area contributed by atoms with Crippen LogP contribution in [0, 0.1) is 0 Å². The van der Waals surface area contributed by atoms with Crippen LogP contribution in [-0.4, -0.2) is 38.4 Å². The van der Waals surface area contributed by atoms with Gasteiger partial charge in [-0.1, -0.05) is 30.3 Å². The Bertz CT molecular complexity index is 751. The fourth-order valence-corrected chi connectivity index (χ4v) is 3.12. The van der Waals surface area contributed by atoms with E-state index < -0.39 is 6.10 Å². The highest BCUT2D eigenvalue weighted by molar-refractivity contribution is 5.81. The minimum Gasteiger partial charge on any atom is -0.493 e. The summed E-state index contributed by atoms with van der Waals surface area (Å²) in [6.07, 6.45) is 0.474. The van der Waals surface area contributed by atoms with Gasteiger partial charge in [0.1, 0.15) is 5.75 Å². The van der Waals surface area contributed by atoms with Crippen molar-refractivity contribution in [2.75, 3.05) is 26.4 Å². The van der Waals surface area contributed by atoms with Crippen LogP contribution in [0.2, 0.25) is 0 Å².